The van der Waals surface area contributed by atoms with Crippen LogP contribution in [0.5, 0.6) is 5.75 Å². The first kappa shape index (κ1) is 10.5. The molecule has 0 N–H and O–H groups in total. The third-order valence-corrected chi connectivity index (χ3v) is 2.13. The van der Waals surface area contributed by atoms with Gasteiger partial charge in [-0.15, -0.1) is 0 Å². The van der Waals surface area contributed by atoms with Crippen LogP contribution in [-0.4, -0.2) is 12.1 Å². The molecule has 0 saturated carbocycles. The lowest BCUT2D eigenvalue weighted by Crippen LogP contribution is -1.89. The molecule has 0 aliphatic rings. The lowest BCUT2D eigenvalue weighted by Gasteiger charge is -2.04. The van der Waals surface area contributed by atoms with E-state index in [0.717, 1.165) is 6.07 Å². The molecule has 1 aromatic heterocycles. The number of hydrogen-bond acceptors (Lipinski definition) is 2. The average molecular weight is 221 g/mol. The molecule has 0 aliphatic heterocycles. The lowest BCUT2D eigenvalue weighted by atomic mass is 10.1. The Hall–Kier alpha value is -1.97. The fourth-order valence-corrected chi connectivity index (χ4v) is 1.40. The van der Waals surface area contributed by atoms with Crippen molar-refractivity contribution in [1.29, 1.82) is 0 Å². The van der Waals surface area contributed by atoms with Gasteiger partial charge in [-0.2, -0.15) is 0 Å². The summed E-state index contributed by atoms with van der Waals surface area (Å²) >= 11 is 0. The van der Waals surface area contributed by atoms with Crippen molar-refractivity contribution >= 4 is 0 Å². The highest BCUT2D eigenvalue weighted by atomic mass is 19.1. The van der Waals surface area contributed by atoms with Crippen LogP contribution in [0.25, 0.3) is 11.3 Å². The zero-order valence-corrected chi connectivity index (χ0v) is 8.58. The van der Waals surface area contributed by atoms with E-state index in [9.17, 15) is 8.78 Å². The summed E-state index contributed by atoms with van der Waals surface area (Å²) in [6.45, 7) is 0. The number of rotatable bonds is 2. The Balaban J connectivity index is 2.49. The third kappa shape index (κ3) is 2.16. The monoisotopic (exact) mass is 221 g/mol. The first-order chi connectivity index (χ1) is 7.69. The fraction of sp³-hybridized carbons (Fsp3) is 0.0833. The Bertz CT molecular complexity index is 494. The first-order valence-electron chi connectivity index (χ1n) is 4.65. The summed E-state index contributed by atoms with van der Waals surface area (Å²) in [5, 5.41) is 0. The Kier molecular flexibility index (Phi) is 2.81. The highest BCUT2D eigenvalue weighted by Gasteiger charge is 2.05. The molecule has 1 heterocycles. The number of methoxy groups -OCH3 is 1. The molecule has 0 bridgehead atoms. The van der Waals surface area contributed by atoms with Crippen molar-refractivity contribution in [2.75, 3.05) is 7.11 Å². The molecule has 2 rings (SSSR count). The Morgan fingerprint density at radius 1 is 1.06 bits per heavy atom. The predicted octanol–water partition coefficient (Wildman–Crippen LogP) is 3.04. The van der Waals surface area contributed by atoms with E-state index in [4.69, 9.17) is 4.74 Å². The number of ether oxygens (including phenoxy) is 1. The molecule has 82 valence electrons. The largest absolute Gasteiger partial charge is 0.497 e. The molecule has 0 spiro atoms. The predicted molar refractivity (Wildman–Crippen MR) is 56.1 cm³/mol. The average Bonchev–Trinajstić information content (AvgIpc) is 2.28. The van der Waals surface area contributed by atoms with Crippen molar-refractivity contribution in [3.8, 4) is 17.0 Å². The smallest absolute Gasteiger partial charge is 0.126 e. The minimum Gasteiger partial charge on any atom is -0.497 e. The summed E-state index contributed by atoms with van der Waals surface area (Å²) in [5.41, 5.74) is 0.856. The third-order valence-electron chi connectivity index (χ3n) is 2.13. The second-order valence-electron chi connectivity index (χ2n) is 3.24. The van der Waals surface area contributed by atoms with E-state index in [2.05, 4.69) is 4.98 Å². The first-order valence-corrected chi connectivity index (χ1v) is 4.65. The molecule has 0 saturated heterocycles. The highest BCUT2D eigenvalue weighted by Crippen LogP contribution is 2.22. The van der Waals surface area contributed by atoms with Gasteiger partial charge in [-0.25, -0.2) is 8.78 Å². The summed E-state index contributed by atoms with van der Waals surface area (Å²) in [6, 6.07) is 6.56. The van der Waals surface area contributed by atoms with Gasteiger partial charge >= 0.3 is 0 Å². The van der Waals surface area contributed by atoms with Gasteiger partial charge in [0.05, 0.1) is 12.8 Å². The second-order valence-corrected chi connectivity index (χ2v) is 3.24. The summed E-state index contributed by atoms with van der Waals surface area (Å²) in [5.74, 6) is -0.658. The molecule has 1 aromatic carbocycles. The van der Waals surface area contributed by atoms with E-state index in [1.165, 1.54) is 25.4 Å². The van der Waals surface area contributed by atoms with E-state index in [1.807, 2.05) is 0 Å². The highest BCUT2D eigenvalue weighted by molar-refractivity contribution is 5.60. The number of pyridine rings is 1. The second kappa shape index (κ2) is 4.26. The van der Waals surface area contributed by atoms with Gasteiger partial charge in [-0.3, -0.25) is 4.98 Å². The quantitative estimate of drug-likeness (QED) is 0.777. The molecular formula is C12H9F2NO. The van der Waals surface area contributed by atoms with E-state index in [0.29, 0.717) is 17.0 Å². The molecule has 2 nitrogen and oxygen atoms in total. The number of halogens is 2. The minimum absolute atomic E-state index is 0.386. The Labute approximate surface area is 91.5 Å². The van der Waals surface area contributed by atoms with Gasteiger partial charge in [0.15, 0.2) is 0 Å². The van der Waals surface area contributed by atoms with E-state index >= 15 is 0 Å². The van der Waals surface area contributed by atoms with Crippen LogP contribution in [0.15, 0.2) is 36.5 Å². The van der Waals surface area contributed by atoms with Gasteiger partial charge in [-0.1, -0.05) is 0 Å². The molecular weight excluding hydrogens is 212 g/mol. The zero-order valence-electron chi connectivity index (χ0n) is 8.58. The molecule has 0 amide bonds. The van der Waals surface area contributed by atoms with E-state index < -0.39 is 11.6 Å². The molecule has 4 heteroatoms. The van der Waals surface area contributed by atoms with Crippen LogP contribution >= 0.6 is 0 Å². The molecule has 0 unspecified atom stereocenters. The van der Waals surface area contributed by atoms with Gasteiger partial charge in [-0.05, 0) is 18.2 Å². The molecule has 16 heavy (non-hydrogen) atoms. The van der Waals surface area contributed by atoms with Crippen molar-refractivity contribution in [3.05, 3.63) is 48.2 Å². The fourth-order valence-electron chi connectivity index (χ4n) is 1.40. The van der Waals surface area contributed by atoms with Crippen molar-refractivity contribution in [1.82, 2.24) is 4.98 Å². The molecule has 0 aliphatic carbocycles. The lowest BCUT2D eigenvalue weighted by molar-refractivity contribution is 0.414. The van der Waals surface area contributed by atoms with E-state index in [1.54, 1.807) is 12.1 Å². The van der Waals surface area contributed by atoms with Crippen LogP contribution in [-0.2, 0) is 0 Å². The van der Waals surface area contributed by atoms with Gasteiger partial charge in [0.1, 0.15) is 17.4 Å². The van der Waals surface area contributed by atoms with Crippen LogP contribution in [0, 0.1) is 11.6 Å². The van der Waals surface area contributed by atoms with Crippen LogP contribution in [0.4, 0.5) is 8.78 Å². The van der Waals surface area contributed by atoms with Crippen molar-refractivity contribution in [3.63, 3.8) is 0 Å². The summed E-state index contributed by atoms with van der Waals surface area (Å²) in [6.07, 6.45) is 1.52. The summed E-state index contributed by atoms with van der Waals surface area (Å²) < 4.78 is 31.0. The molecule has 0 radical (unpaired) electrons. The number of benzene rings is 1. The molecule has 0 fully saturated rings. The van der Waals surface area contributed by atoms with Crippen LogP contribution in [0.3, 0.4) is 0 Å². The standard InChI is InChI=1S/C12H9F2NO/c1-16-11-2-3-15-12(7-11)8-4-9(13)6-10(14)5-8/h2-7H,1H3. The normalized spacial score (nSPS) is 10.2. The maximum absolute atomic E-state index is 13.0. The summed E-state index contributed by atoms with van der Waals surface area (Å²) in [4.78, 5) is 4.03. The van der Waals surface area contributed by atoms with Crippen molar-refractivity contribution < 1.29 is 13.5 Å². The maximum atomic E-state index is 13.0. The van der Waals surface area contributed by atoms with Gasteiger partial charge < -0.3 is 4.74 Å². The Morgan fingerprint density at radius 2 is 1.75 bits per heavy atom. The van der Waals surface area contributed by atoms with Gasteiger partial charge in [0.2, 0.25) is 0 Å². The maximum Gasteiger partial charge on any atom is 0.126 e. The topological polar surface area (TPSA) is 22.1 Å². The number of hydrogen-bond donors (Lipinski definition) is 0. The Morgan fingerprint density at radius 3 is 2.38 bits per heavy atom. The van der Waals surface area contributed by atoms with Crippen LogP contribution in [0.2, 0.25) is 0 Å². The van der Waals surface area contributed by atoms with Crippen LogP contribution < -0.4 is 4.74 Å². The number of nitrogens with zero attached hydrogens (tertiary/aromatic N) is 1. The minimum atomic E-state index is -0.625. The molecule has 2 aromatic rings. The number of aromatic nitrogens is 1. The zero-order chi connectivity index (χ0) is 11.5. The summed E-state index contributed by atoms with van der Waals surface area (Å²) in [7, 11) is 1.52. The molecule has 0 atom stereocenters. The van der Waals surface area contributed by atoms with Crippen LogP contribution in [0.1, 0.15) is 0 Å². The van der Waals surface area contributed by atoms with Gasteiger partial charge in [0.25, 0.3) is 0 Å². The van der Waals surface area contributed by atoms with Gasteiger partial charge in [0, 0.05) is 23.9 Å². The van der Waals surface area contributed by atoms with E-state index in [-0.39, 0.29) is 0 Å². The van der Waals surface area contributed by atoms with Crippen molar-refractivity contribution in [2.45, 2.75) is 0 Å². The van der Waals surface area contributed by atoms with Crippen molar-refractivity contribution in [2.24, 2.45) is 0 Å². The SMILES string of the molecule is COc1ccnc(-c2cc(F)cc(F)c2)c1.